The molecule has 6 heteroatoms. The molecule has 3 N–H and O–H groups in total. The standard InChI is InChI=1S/C14H19N5O/c1-19-10-17-18-13(19)7-9-16-14(20)12-4-2-11(3-5-12)6-8-15/h2-5,10H,6-9,15H2,1H3,(H,16,20). The second-order valence-corrected chi connectivity index (χ2v) is 4.60. The Morgan fingerprint density at radius 2 is 2.05 bits per heavy atom. The molecule has 0 atom stereocenters. The molecular weight excluding hydrogens is 254 g/mol. The Morgan fingerprint density at radius 3 is 2.65 bits per heavy atom. The van der Waals surface area contributed by atoms with Gasteiger partial charge in [0.1, 0.15) is 12.2 Å². The Bertz CT molecular complexity index is 561. The highest BCUT2D eigenvalue weighted by Gasteiger charge is 2.06. The summed E-state index contributed by atoms with van der Waals surface area (Å²) < 4.78 is 1.84. The molecule has 0 aliphatic rings. The Balaban J connectivity index is 1.84. The van der Waals surface area contributed by atoms with Gasteiger partial charge in [-0.25, -0.2) is 0 Å². The van der Waals surface area contributed by atoms with Crippen molar-refractivity contribution < 1.29 is 4.79 Å². The number of hydrogen-bond acceptors (Lipinski definition) is 4. The van der Waals surface area contributed by atoms with Crippen molar-refractivity contribution in [3.63, 3.8) is 0 Å². The summed E-state index contributed by atoms with van der Waals surface area (Å²) in [6, 6.07) is 7.51. The van der Waals surface area contributed by atoms with Crippen LogP contribution < -0.4 is 11.1 Å². The third kappa shape index (κ3) is 3.64. The van der Waals surface area contributed by atoms with Gasteiger partial charge in [-0.15, -0.1) is 10.2 Å². The molecule has 1 amide bonds. The molecule has 0 saturated heterocycles. The number of carbonyl (C=O) groups is 1. The second kappa shape index (κ2) is 6.81. The van der Waals surface area contributed by atoms with E-state index in [1.807, 2.05) is 35.9 Å². The predicted molar refractivity (Wildman–Crippen MR) is 76.2 cm³/mol. The Morgan fingerprint density at radius 1 is 1.30 bits per heavy atom. The lowest BCUT2D eigenvalue weighted by Crippen LogP contribution is -2.26. The highest BCUT2D eigenvalue weighted by atomic mass is 16.1. The van der Waals surface area contributed by atoms with Crippen LogP contribution in [-0.2, 0) is 19.9 Å². The molecule has 0 fully saturated rings. The van der Waals surface area contributed by atoms with Crippen LogP contribution in [0.3, 0.4) is 0 Å². The molecule has 2 aromatic rings. The van der Waals surface area contributed by atoms with Crippen LogP contribution in [0.5, 0.6) is 0 Å². The highest BCUT2D eigenvalue weighted by molar-refractivity contribution is 5.94. The summed E-state index contributed by atoms with van der Waals surface area (Å²) in [4.78, 5) is 11.9. The molecule has 0 radical (unpaired) electrons. The van der Waals surface area contributed by atoms with E-state index in [9.17, 15) is 4.79 Å². The zero-order valence-electron chi connectivity index (χ0n) is 11.5. The molecular formula is C14H19N5O. The monoisotopic (exact) mass is 273 g/mol. The van der Waals surface area contributed by atoms with Gasteiger partial charge in [0.15, 0.2) is 0 Å². The second-order valence-electron chi connectivity index (χ2n) is 4.60. The maximum atomic E-state index is 11.9. The summed E-state index contributed by atoms with van der Waals surface area (Å²) in [6.45, 7) is 1.15. The highest BCUT2D eigenvalue weighted by Crippen LogP contribution is 2.04. The lowest BCUT2D eigenvalue weighted by molar-refractivity contribution is 0.0954. The van der Waals surface area contributed by atoms with Gasteiger partial charge in [-0.2, -0.15) is 0 Å². The maximum absolute atomic E-state index is 11.9. The van der Waals surface area contributed by atoms with Gasteiger partial charge < -0.3 is 15.6 Å². The summed E-state index contributed by atoms with van der Waals surface area (Å²) in [5.41, 5.74) is 7.29. The van der Waals surface area contributed by atoms with E-state index >= 15 is 0 Å². The fourth-order valence-corrected chi connectivity index (χ4v) is 1.91. The van der Waals surface area contributed by atoms with Gasteiger partial charge in [-0.3, -0.25) is 4.79 Å². The van der Waals surface area contributed by atoms with Gasteiger partial charge >= 0.3 is 0 Å². The summed E-state index contributed by atoms with van der Waals surface area (Å²) >= 11 is 0. The normalized spacial score (nSPS) is 10.5. The maximum Gasteiger partial charge on any atom is 0.251 e. The van der Waals surface area contributed by atoms with E-state index in [1.165, 1.54) is 0 Å². The number of benzene rings is 1. The van der Waals surface area contributed by atoms with Crippen molar-refractivity contribution in [2.24, 2.45) is 12.8 Å². The lowest BCUT2D eigenvalue weighted by atomic mass is 10.1. The number of nitrogens with one attached hydrogen (secondary N) is 1. The minimum atomic E-state index is -0.0773. The largest absolute Gasteiger partial charge is 0.352 e. The van der Waals surface area contributed by atoms with Crippen molar-refractivity contribution in [1.29, 1.82) is 0 Å². The predicted octanol–water partition coefficient (Wildman–Crippen LogP) is 0.289. The first-order chi connectivity index (χ1) is 9.70. The number of aryl methyl sites for hydroxylation is 1. The van der Waals surface area contributed by atoms with E-state index < -0.39 is 0 Å². The number of carbonyl (C=O) groups excluding carboxylic acids is 1. The minimum absolute atomic E-state index is 0.0773. The molecule has 0 unspecified atom stereocenters. The quantitative estimate of drug-likeness (QED) is 0.792. The first kappa shape index (κ1) is 14.2. The van der Waals surface area contributed by atoms with E-state index in [2.05, 4.69) is 15.5 Å². The van der Waals surface area contributed by atoms with Gasteiger partial charge in [0.2, 0.25) is 0 Å². The average Bonchev–Trinajstić information content (AvgIpc) is 2.85. The molecule has 20 heavy (non-hydrogen) atoms. The molecule has 106 valence electrons. The SMILES string of the molecule is Cn1cnnc1CCNC(=O)c1ccc(CCN)cc1. The van der Waals surface area contributed by atoms with Gasteiger partial charge in [-0.05, 0) is 30.7 Å². The van der Waals surface area contributed by atoms with Crippen LogP contribution in [0.25, 0.3) is 0 Å². The first-order valence-electron chi connectivity index (χ1n) is 6.61. The number of nitrogens with zero attached hydrogens (tertiary/aromatic N) is 3. The molecule has 1 aromatic carbocycles. The zero-order chi connectivity index (χ0) is 14.4. The van der Waals surface area contributed by atoms with Crippen molar-refractivity contribution in [2.75, 3.05) is 13.1 Å². The molecule has 1 aromatic heterocycles. The summed E-state index contributed by atoms with van der Waals surface area (Å²) in [5.74, 6) is 0.773. The fourth-order valence-electron chi connectivity index (χ4n) is 1.91. The molecule has 6 nitrogen and oxygen atoms in total. The third-order valence-electron chi connectivity index (χ3n) is 3.09. The fraction of sp³-hybridized carbons (Fsp3) is 0.357. The van der Waals surface area contributed by atoms with Crippen LogP contribution in [-0.4, -0.2) is 33.8 Å². The summed E-state index contributed by atoms with van der Waals surface area (Å²) in [5, 5.41) is 10.6. The van der Waals surface area contributed by atoms with Crippen LogP contribution in [0, 0.1) is 0 Å². The van der Waals surface area contributed by atoms with E-state index in [4.69, 9.17) is 5.73 Å². The van der Waals surface area contributed by atoms with Crippen molar-refractivity contribution in [1.82, 2.24) is 20.1 Å². The zero-order valence-corrected chi connectivity index (χ0v) is 11.5. The van der Waals surface area contributed by atoms with Crippen LogP contribution >= 0.6 is 0 Å². The number of nitrogens with two attached hydrogens (primary N) is 1. The number of rotatable bonds is 6. The van der Waals surface area contributed by atoms with E-state index in [1.54, 1.807) is 6.33 Å². The minimum Gasteiger partial charge on any atom is -0.352 e. The molecule has 0 spiro atoms. The number of hydrogen-bond donors (Lipinski definition) is 2. The first-order valence-corrected chi connectivity index (χ1v) is 6.61. The van der Waals surface area contributed by atoms with Crippen molar-refractivity contribution >= 4 is 5.91 Å². The lowest BCUT2D eigenvalue weighted by Gasteiger charge is -2.06. The summed E-state index contributed by atoms with van der Waals surface area (Å²) in [7, 11) is 1.88. The average molecular weight is 273 g/mol. The van der Waals surface area contributed by atoms with E-state index in [0.29, 0.717) is 25.1 Å². The Hall–Kier alpha value is -2.21. The van der Waals surface area contributed by atoms with Gasteiger partial charge in [0.25, 0.3) is 5.91 Å². The van der Waals surface area contributed by atoms with Gasteiger partial charge in [0, 0.05) is 25.6 Å². The van der Waals surface area contributed by atoms with Crippen molar-refractivity contribution in [3.8, 4) is 0 Å². The molecule has 0 aliphatic carbocycles. The number of amides is 1. The third-order valence-corrected chi connectivity index (χ3v) is 3.09. The van der Waals surface area contributed by atoms with Crippen molar-refractivity contribution in [3.05, 3.63) is 47.5 Å². The Labute approximate surface area is 118 Å². The molecule has 1 heterocycles. The van der Waals surface area contributed by atoms with Crippen molar-refractivity contribution in [2.45, 2.75) is 12.8 Å². The Kier molecular flexibility index (Phi) is 4.84. The summed E-state index contributed by atoms with van der Waals surface area (Å²) in [6.07, 6.45) is 3.13. The van der Waals surface area contributed by atoms with Gasteiger partial charge in [0.05, 0.1) is 0 Å². The van der Waals surface area contributed by atoms with Crippen LogP contribution in [0.2, 0.25) is 0 Å². The molecule has 0 aliphatic heterocycles. The van der Waals surface area contributed by atoms with Crippen LogP contribution in [0.1, 0.15) is 21.7 Å². The number of aromatic nitrogens is 3. The van der Waals surface area contributed by atoms with E-state index in [0.717, 1.165) is 17.8 Å². The molecule has 0 saturated carbocycles. The van der Waals surface area contributed by atoms with Gasteiger partial charge in [-0.1, -0.05) is 12.1 Å². The molecule has 0 bridgehead atoms. The van der Waals surface area contributed by atoms with E-state index in [-0.39, 0.29) is 5.91 Å². The topological polar surface area (TPSA) is 85.8 Å². The smallest absolute Gasteiger partial charge is 0.251 e. The van der Waals surface area contributed by atoms with Crippen LogP contribution in [0.15, 0.2) is 30.6 Å². The molecule has 2 rings (SSSR count). The van der Waals surface area contributed by atoms with Crippen LogP contribution in [0.4, 0.5) is 0 Å².